The monoisotopic (exact) mass is 420 g/mol. The number of benzene rings is 2. The maximum Gasteiger partial charge on any atom is -0.0129 e. The highest BCUT2D eigenvalue weighted by atomic mass is 14.3. The second kappa shape index (κ2) is 8.76. The summed E-state index contributed by atoms with van der Waals surface area (Å²) < 4.78 is 0. The Morgan fingerprint density at radius 3 is 1.39 bits per heavy atom. The molecule has 2 aromatic carbocycles. The fourth-order valence-electron chi connectivity index (χ4n) is 4.64. The van der Waals surface area contributed by atoms with Crippen molar-refractivity contribution in [1.82, 2.24) is 0 Å². The number of hydrogen-bond acceptors (Lipinski definition) is 0. The molecule has 0 atom stereocenters. The Bertz CT molecular complexity index is 848. The van der Waals surface area contributed by atoms with E-state index in [1.807, 2.05) is 0 Å². The van der Waals surface area contributed by atoms with Crippen molar-refractivity contribution in [2.45, 2.75) is 124 Å². The molecule has 0 aliphatic rings. The van der Waals surface area contributed by atoms with Crippen molar-refractivity contribution in [1.29, 1.82) is 0 Å². The summed E-state index contributed by atoms with van der Waals surface area (Å²) in [5, 5.41) is 0. The maximum atomic E-state index is 2.51. The van der Waals surface area contributed by atoms with Gasteiger partial charge in [0, 0.05) is 0 Å². The molecule has 2 aromatic rings. The quantitative estimate of drug-likeness (QED) is 0.462. The molecule has 0 saturated carbocycles. The third-order valence-corrected chi connectivity index (χ3v) is 6.43. The molecule has 0 fully saturated rings. The van der Waals surface area contributed by atoms with Gasteiger partial charge in [-0.25, -0.2) is 0 Å². The molecule has 0 spiro atoms. The summed E-state index contributed by atoms with van der Waals surface area (Å²) in [5.41, 5.74) is 9.75. The third-order valence-electron chi connectivity index (χ3n) is 6.43. The first-order valence-electron chi connectivity index (χ1n) is 12.2. The normalized spacial score (nSPS) is 13.5. The van der Waals surface area contributed by atoms with Crippen LogP contribution in [0.4, 0.5) is 0 Å². The molecule has 0 aromatic heterocycles. The molecule has 0 bridgehead atoms. The largest absolute Gasteiger partial charge is 0.0620 e. The molecule has 0 radical (unpaired) electrons. The average molecular weight is 421 g/mol. The molecule has 0 heteroatoms. The van der Waals surface area contributed by atoms with E-state index >= 15 is 0 Å². The first-order valence-corrected chi connectivity index (χ1v) is 12.2. The van der Waals surface area contributed by atoms with Gasteiger partial charge >= 0.3 is 0 Å². The highest BCUT2D eigenvalue weighted by molar-refractivity contribution is 5.48. The van der Waals surface area contributed by atoms with Gasteiger partial charge in [-0.2, -0.15) is 0 Å². The highest BCUT2D eigenvalue weighted by Crippen LogP contribution is 2.39. The van der Waals surface area contributed by atoms with E-state index in [4.69, 9.17) is 0 Å². The molecule has 0 aliphatic heterocycles. The van der Waals surface area contributed by atoms with Crippen molar-refractivity contribution in [3.8, 4) is 0 Å². The Labute approximate surface area is 193 Å². The van der Waals surface area contributed by atoms with Gasteiger partial charge in [0.25, 0.3) is 0 Å². The summed E-state index contributed by atoms with van der Waals surface area (Å²) in [7, 11) is 0. The minimum Gasteiger partial charge on any atom is -0.0620 e. The Morgan fingerprint density at radius 2 is 0.968 bits per heavy atom. The van der Waals surface area contributed by atoms with Crippen LogP contribution in [-0.2, 0) is 34.5 Å². The second-order valence-electron chi connectivity index (χ2n) is 13.6. The summed E-state index contributed by atoms with van der Waals surface area (Å²) in [6, 6.07) is 14.0. The summed E-state index contributed by atoms with van der Waals surface area (Å²) in [6.07, 6.45) is 3.47. The molecule has 0 unspecified atom stereocenters. The Kier molecular flexibility index (Phi) is 7.26. The van der Waals surface area contributed by atoms with Crippen LogP contribution in [-0.4, -0.2) is 0 Å². The SMILES string of the molecule is CC(C)(C)c1cc(C(C)(C)C)c(CCCc2ccccc2C(C)(C)C)c(C(C)(C)C)c1. The lowest BCUT2D eigenvalue weighted by atomic mass is 9.71. The van der Waals surface area contributed by atoms with Gasteiger partial charge in [0.2, 0.25) is 0 Å². The minimum atomic E-state index is 0.139. The molecule has 0 heterocycles. The molecule has 0 N–H and O–H groups in total. The van der Waals surface area contributed by atoms with Gasteiger partial charge in [-0.3, -0.25) is 0 Å². The van der Waals surface area contributed by atoms with E-state index in [1.54, 1.807) is 5.56 Å². The van der Waals surface area contributed by atoms with Crippen LogP contribution in [0.15, 0.2) is 36.4 Å². The molecular weight excluding hydrogens is 372 g/mol. The number of rotatable bonds is 4. The van der Waals surface area contributed by atoms with Crippen molar-refractivity contribution in [2.75, 3.05) is 0 Å². The van der Waals surface area contributed by atoms with Crippen LogP contribution < -0.4 is 0 Å². The Balaban J connectivity index is 2.49. The highest BCUT2D eigenvalue weighted by Gasteiger charge is 2.28. The van der Waals surface area contributed by atoms with Crippen molar-refractivity contribution >= 4 is 0 Å². The Morgan fingerprint density at radius 1 is 0.516 bits per heavy atom. The maximum absolute atomic E-state index is 2.51. The van der Waals surface area contributed by atoms with Gasteiger partial charge in [-0.05, 0) is 74.3 Å². The van der Waals surface area contributed by atoms with Crippen LogP contribution in [0, 0.1) is 0 Å². The van der Waals surface area contributed by atoms with Crippen LogP contribution in [0.3, 0.4) is 0 Å². The molecule has 0 amide bonds. The van der Waals surface area contributed by atoms with E-state index in [2.05, 4.69) is 119 Å². The van der Waals surface area contributed by atoms with Crippen LogP contribution in [0.25, 0.3) is 0 Å². The standard InChI is InChI=1S/C31H48/c1-28(2,3)23-20-26(30(7,8)9)24(27(21-23)31(10,11)12)18-15-17-22-16-13-14-19-25(22)29(4,5)6/h13-14,16,19-21H,15,17-18H2,1-12H3. The van der Waals surface area contributed by atoms with E-state index in [0.717, 1.165) is 12.8 Å². The van der Waals surface area contributed by atoms with Gasteiger partial charge in [0.1, 0.15) is 0 Å². The zero-order valence-electron chi connectivity index (χ0n) is 22.6. The first kappa shape index (κ1) is 25.7. The predicted molar refractivity (Wildman–Crippen MR) is 140 cm³/mol. The molecule has 2 rings (SSSR count). The fraction of sp³-hybridized carbons (Fsp3) is 0.613. The summed E-state index contributed by atoms with van der Waals surface area (Å²) in [5.74, 6) is 0. The fourth-order valence-corrected chi connectivity index (χ4v) is 4.64. The lowest BCUT2D eigenvalue weighted by Gasteiger charge is -2.34. The number of hydrogen-bond donors (Lipinski definition) is 0. The molecule has 0 aliphatic carbocycles. The molecule has 31 heavy (non-hydrogen) atoms. The van der Waals surface area contributed by atoms with Crippen LogP contribution >= 0.6 is 0 Å². The van der Waals surface area contributed by atoms with Gasteiger partial charge < -0.3 is 0 Å². The van der Waals surface area contributed by atoms with Gasteiger partial charge in [-0.1, -0.05) is 119 Å². The van der Waals surface area contributed by atoms with Crippen molar-refractivity contribution in [3.05, 3.63) is 69.8 Å². The summed E-state index contributed by atoms with van der Waals surface area (Å²) >= 11 is 0. The smallest absolute Gasteiger partial charge is 0.0129 e. The minimum absolute atomic E-state index is 0.139. The predicted octanol–water partition coefficient (Wildman–Crippen LogP) is 9.05. The van der Waals surface area contributed by atoms with Crippen molar-refractivity contribution < 1.29 is 0 Å². The zero-order valence-corrected chi connectivity index (χ0v) is 22.6. The van der Waals surface area contributed by atoms with Crippen LogP contribution in [0.1, 0.15) is 123 Å². The van der Waals surface area contributed by atoms with E-state index < -0.39 is 0 Å². The van der Waals surface area contributed by atoms with E-state index in [0.29, 0.717) is 0 Å². The lowest BCUT2D eigenvalue weighted by Crippen LogP contribution is -2.24. The lowest BCUT2D eigenvalue weighted by molar-refractivity contribution is 0.535. The average Bonchev–Trinajstić information content (AvgIpc) is 2.58. The Hall–Kier alpha value is -1.56. The van der Waals surface area contributed by atoms with Gasteiger partial charge in [0.05, 0.1) is 0 Å². The van der Waals surface area contributed by atoms with E-state index in [9.17, 15) is 0 Å². The topological polar surface area (TPSA) is 0 Å². The zero-order chi connectivity index (χ0) is 23.8. The van der Waals surface area contributed by atoms with E-state index in [1.165, 1.54) is 34.2 Å². The summed E-state index contributed by atoms with van der Waals surface area (Å²) in [4.78, 5) is 0. The van der Waals surface area contributed by atoms with Crippen LogP contribution in [0.5, 0.6) is 0 Å². The third kappa shape index (κ3) is 6.47. The first-order chi connectivity index (χ1) is 13.9. The van der Waals surface area contributed by atoms with E-state index in [-0.39, 0.29) is 21.7 Å². The van der Waals surface area contributed by atoms with Crippen molar-refractivity contribution in [3.63, 3.8) is 0 Å². The number of aryl methyl sites for hydroxylation is 1. The van der Waals surface area contributed by atoms with Crippen molar-refractivity contribution in [2.24, 2.45) is 0 Å². The molecule has 172 valence electrons. The van der Waals surface area contributed by atoms with Crippen LogP contribution in [0.2, 0.25) is 0 Å². The molecule has 0 saturated heterocycles. The van der Waals surface area contributed by atoms with Gasteiger partial charge in [-0.15, -0.1) is 0 Å². The van der Waals surface area contributed by atoms with Gasteiger partial charge in [0.15, 0.2) is 0 Å². The molecular formula is C31H48. The second-order valence-corrected chi connectivity index (χ2v) is 13.6. The molecule has 0 nitrogen and oxygen atoms in total. The summed E-state index contributed by atoms with van der Waals surface area (Å²) in [6.45, 7) is 28.2.